The van der Waals surface area contributed by atoms with E-state index in [1.54, 1.807) is 0 Å². The first-order chi connectivity index (χ1) is 9.28. The maximum atomic E-state index is 12.0. The second-order valence-electron chi connectivity index (χ2n) is 5.78. The number of anilines is 1. The second-order valence-corrected chi connectivity index (χ2v) is 5.78. The van der Waals surface area contributed by atoms with Crippen LogP contribution >= 0.6 is 0 Å². The molecule has 1 unspecified atom stereocenters. The Morgan fingerprint density at radius 1 is 1.26 bits per heavy atom. The fraction of sp³-hybridized carbons (Fsp3) is 0.588. The molecule has 1 N–H and O–H groups in total. The van der Waals surface area contributed by atoms with Crippen molar-refractivity contribution >= 4 is 11.6 Å². The summed E-state index contributed by atoms with van der Waals surface area (Å²) in [5.74, 6) is 1.58. The quantitative estimate of drug-likeness (QED) is 0.793. The Kier molecular flexibility index (Phi) is 5.44. The maximum absolute atomic E-state index is 12.0. The van der Waals surface area contributed by atoms with Gasteiger partial charge in [-0.25, -0.2) is 0 Å². The third-order valence-electron chi connectivity index (χ3n) is 4.25. The first-order valence-corrected chi connectivity index (χ1v) is 7.62. The van der Waals surface area contributed by atoms with Gasteiger partial charge < -0.3 is 5.32 Å². The number of nitrogens with one attached hydrogen (secondary N) is 1. The molecule has 2 heteroatoms. The zero-order valence-corrected chi connectivity index (χ0v) is 11.9. The van der Waals surface area contributed by atoms with E-state index in [1.807, 2.05) is 30.3 Å². The zero-order valence-electron chi connectivity index (χ0n) is 11.9. The average Bonchev–Trinajstić information content (AvgIpc) is 2.92. The minimum absolute atomic E-state index is 0.163. The van der Waals surface area contributed by atoms with Gasteiger partial charge in [0.2, 0.25) is 5.91 Å². The fourth-order valence-corrected chi connectivity index (χ4v) is 3.11. The van der Waals surface area contributed by atoms with Crippen LogP contribution in [0, 0.1) is 11.8 Å². The van der Waals surface area contributed by atoms with Crippen molar-refractivity contribution in [3.63, 3.8) is 0 Å². The van der Waals surface area contributed by atoms with Crippen molar-refractivity contribution in [1.82, 2.24) is 0 Å². The molecule has 0 bridgehead atoms. The summed E-state index contributed by atoms with van der Waals surface area (Å²) in [6, 6.07) is 9.74. The zero-order chi connectivity index (χ0) is 13.5. The smallest absolute Gasteiger partial charge is 0.224 e. The summed E-state index contributed by atoms with van der Waals surface area (Å²) in [4.78, 5) is 12.0. The summed E-state index contributed by atoms with van der Waals surface area (Å²) in [6.07, 6.45) is 8.53. The molecule has 1 aliphatic carbocycles. The number of carbonyl (C=O) groups is 1. The van der Waals surface area contributed by atoms with E-state index in [-0.39, 0.29) is 5.91 Å². The number of hydrogen-bond acceptors (Lipinski definition) is 1. The van der Waals surface area contributed by atoms with Gasteiger partial charge in [-0.05, 0) is 30.4 Å². The van der Waals surface area contributed by atoms with E-state index < -0.39 is 0 Å². The van der Waals surface area contributed by atoms with Gasteiger partial charge in [0.05, 0.1) is 0 Å². The van der Waals surface area contributed by atoms with Gasteiger partial charge in [0.1, 0.15) is 0 Å². The highest BCUT2D eigenvalue weighted by molar-refractivity contribution is 5.90. The molecule has 1 fully saturated rings. The lowest BCUT2D eigenvalue weighted by molar-refractivity contribution is -0.117. The van der Waals surface area contributed by atoms with Crippen molar-refractivity contribution in [1.29, 1.82) is 0 Å². The third kappa shape index (κ3) is 4.70. The Balaban J connectivity index is 1.78. The molecule has 1 aromatic carbocycles. The molecular formula is C17H25NO. The molecule has 2 rings (SSSR count). The summed E-state index contributed by atoms with van der Waals surface area (Å²) in [5, 5.41) is 2.99. The highest BCUT2D eigenvalue weighted by Gasteiger charge is 2.21. The lowest BCUT2D eigenvalue weighted by atomic mass is 9.89. The first kappa shape index (κ1) is 14.1. The lowest BCUT2D eigenvalue weighted by Crippen LogP contribution is -2.17. The van der Waals surface area contributed by atoms with Gasteiger partial charge in [-0.3, -0.25) is 4.79 Å². The normalized spacial score (nSPS) is 17.3. The molecule has 0 saturated heterocycles. The summed E-state index contributed by atoms with van der Waals surface area (Å²) >= 11 is 0. The van der Waals surface area contributed by atoms with Crippen LogP contribution in [0.25, 0.3) is 0 Å². The summed E-state index contributed by atoms with van der Waals surface area (Å²) in [7, 11) is 0. The molecule has 1 saturated carbocycles. The van der Waals surface area contributed by atoms with E-state index in [0.717, 1.165) is 18.0 Å². The standard InChI is InChI=1S/C17H25NO/c1-2-14(12-15-8-6-7-9-15)13-17(19)18-16-10-4-3-5-11-16/h3-5,10-11,14-15H,2,6-9,12-13H2,1H3,(H,18,19). The average molecular weight is 259 g/mol. The molecule has 1 aliphatic rings. The molecule has 0 heterocycles. The third-order valence-corrected chi connectivity index (χ3v) is 4.25. The SMILES string of the molecule is CCC(CC(=O)Nc1ccccc1)CC1CCCC1. The van der Waals surface area contributed by atoms with Gasteiger partial charge in [0.15, 0.2) is 0 Å². The molecule has 104 valence electrons. The van der Waals surface area contributed by atoms with Crippen molar-refractivity contribution in [2.24, 2.45) is 11.8 Å². The van der Waals surface area contributed by atoms with Crippen molar-refractivity contribution in [3.8, 4) is 0 Å². The van der Waals surface area contributed by atoms with Crippen LogP contribution in [0.5, 0.6) is 0 Å². The number of rotatable bonds is 6. The summed E-state index contributed by atoms with van der Waals surface area (Å²) in [6.45, 7) is 2.20. The number of para-hydroxylation sites is 1. The molecule has 19 heavy (non-hydrogen) atoms. The van der Waals surface area contributed by atoms with E-state index in [4.69, 9.17) is 0 Å². The number of hydrogen-bond donors (Lipinski definition) is 1. The van der Waals surface area contributed by atoms with Crippen LogP contribution in [0.1, 0.15) is 51.9 Å². The van der Waals surface area contributed by atoms with Gasteiger partial charge >= 0.3 is 0 Å². The Morgan fingerprint density at radius 3 is 2.58 bits per heavy atom. The maximum Gasteiger partial charge on any atom is 0.224 e. The van der Waals surface area contributed by atoms with E-state index in [1.165, 1.54) is 32.1 Å². The van der Waals surface area contributed by atoms with Gasteiger partial charge in [-0.15, -0.1) is 0 Å². The van der Waals surface area contributed by atoms with E-state index >= 15 is 0 Å². The molecule has 0 aromatic heterocycles. The minimum Gasteiger partial charge on any atom is -0.326 e. The summed E-state index contributed by atoms with van der Waals surface area (Å²) in [5.41, 5.74) is 0.906. The summed E-state index contributed by atoms with van der Waals surface area (Å²) < 4.78 is 0. The van der Waals surface area contributed by atoms with Crippen molar-refractivity contribution in [2.45, 2.75) is 51.9 Å². The van der Waals surface area contributed by atoms with Gasteiger partial charge in [-0.1, -0.05) is 57.2 Å². The van der Waals surface area contributed by atoms with Crippen LogP contribution < -0.4 is 5.32 Å². The van der Waals surface area contributed by atoms with Crippen LogP contribution in [0.2, 0.25) is 0 Å². The topological polar surface area (TPSA) is 29.1 Å². The molecule has 1 atom stereocenters. The predicted molar refractivity (Wildman–Crippen MR) is 80.0 cm³/mol. The predicted octanol–water partition coefficient (Wildman–Crippen LogP) is 4.62. The first-order valence-electron chi connectivity index (χ1n) is 7.62. The van der Waals surface area contributed by atoms with E-state index in [9.17, 15) is 4.79 Å². The molecule has 1 aromatic rings. The highest BCUT2D eigenvalue weighted by Crippen LogP contribution is 2.32. The molecule has 2 nitrogen and oxygen atoms in total. The highest BCUT2D eigenvalue weighted by atomic mass is 16.1. The van der Waals surface area contributed by atoms with E-state index in [2.05, 4.69) is 12.2 Å². The van der Waals surface area contributed by atoms with Crippen molar-refractivity contribution < 1.29 is 4.79 Å². The monoisotopic (exact) mass is 259 g/mol. The Morgan fingerprint density at radius 2 is 1.95 bits per heavy atom. The van der Waals surface area contributed by atoms with E-state index in [0.29, 0.717) is 12.3 Å². The van der Waals surface area contributed by atoms with Crippen LogP contribution in [0.3, 0.4) is 0 Å². The van der Waals surface area contributed by atoms with Gasteiger partial charge in [0.25, 0.3) is 0 Å². The Bertz CT molecular complexity index is 382. The minimum atomic E-state index is 0.163. The Labute approximate surface area is 116 Å². The largest absolute Gasteiger partial charge is 0.326 e. The van der Waals surface area contributed by atoms with Crippen LogP contribution in [0.15, 0.2) is 30.3 Å². The number of benzene rings is 1. The van der Waals surface area contributed by atoms with Crippen molar-refractivity contribution in [2.75, 3.05) is 5.32 Å². The number of amides is 1. The lowest BCUT2D eigenvalue weighted by Gasteiger charge is -2.18. The second kappa shape index (κ2) is 7.32. The molecule has 1 amide bonds. The molecular weight excluding hydrogens is 234 g/mol. The van der Waals surface area contributed by atoms with Crippen molar-refractivity contribution in [3.05, 3.63) is 30.3 Å². The van der Waals surface area contributed by atoms with Crippen LogP contribution in [-0.2, 0) is 4.79 Å². The molecule has 0 aliphatic heterocycles. The van der Waals surface area contributed by atoms with Gasteiger partial charge in [0, 0.05) is 12.1 Å². The molecule has 0 radical (unpaired) electrons. The van der Waals surface area contributed by atoms with Gasteiger partial charge in [-0.2, -0.15) is 0 Å². The van der Waals surface area contributed by atoms with Crippen LogP contribution in [-0.4, -0.2) is 5.91 Å². The molecule has 0 spiro atoms. The number of carbonyl (C=O) groups excluding carboxylic acids is 1. The van der Waals surface area contributed by atoms with Crippen LogP contribution in [0.4, 0.5) is 5.69 Å². The fourth-order valence-electron chi connectivity index (χ4n) is 3.11. The Hall–Kier alpha value is -1.31.